The number of likely N-dealkylation sites (tertiary alicyclic amines) is 1. The monoisotopic (exact) mass is 565 g/mol. The van der Waals surface area contributed by atoms with Crippen LogP contribution in [0, 0.1) is 23.7 Å². The number of aliphatic imine (C=N–C) groups is 1. The molecule has 0 spiro atoms. The van der Waals surface area contributed by atoms with Crippen LogP contribution in [0.2, 0.25) is 0 Å². The van der Waals surface area contributed by atoms with E-state index in [9.17, 15) is 9.59 Å². The summed E-state index contributed by atoms with van der Waals surface area (Å²) in [6, 6.07) is 8.63. The summed E-state index contributed by atoms with van der Waals surface area (Å²) in [4.78, 5) is 33.7. The maximum absolute atomic E-state index is 12.8. The Morgan fingerprint density at radius 2 is 1.58 bits per heavy atom. The summed E-state index contributed by atoms with van der Waals surface area (Å²) in [5, 5.41) is 6.54. The SMILES string of the molecule is CCN(CC)Cc1ccc(CNC(=NC)NCCN2C(=O)C3C4C=CC(C4)C3C2=O)cc1.I. The molecule has 1 aromatic rings. The molecule has 1 saturated carbocycles. The second-order valence-corrected chi connectivity index (χ2v) is 8.96. The number of carbonyl (C=O) groups excluding carboxylic acids is 2. The first kappa shape index (κ1) is 25.7. The number of nitrogens with one attached hydrogen (secondary N) is 2. The summed E-state index contributed by atoms with van der Waals surface area (Å²) < 4.78 is 0. The van der Waals surface area contributed by atoms with Crippen molar-refractivity contribution in [2.45, 2.75) is 33.4 Å². The van der Waals surface area contributed by atoms with E-state index < -0.39 is 0 Å². The number of carbonyl (C=O) groups is 2. The van der Waals surface area contributed by atoms with Gasteiger partial charge in [-0.1, -0.05) is 50.3 Å². The number of imide groups is 1. The van der Waals surface area contributed by atoms with Gasteiger partial charge in [0.2, 0.25) is 11.8 Å². The lowest BCUT2D eigenvalue weighted by molar-refractivity contribution is -0.140. The molecule has 0 aromatic heterocycles. The zero-order valence-corrected chi connectivity index (χ0v) is 22.1. The number of guanidine groups is 1. The second kappa shape index (κ2) is 11.5. The van der Waals surface area contributed by atoms with Gasteiger partial charge < -0.3 is 10.6 Å². The van der Waals surface area contributed by atoms with Gasteiger partial charge in [0, 0.05) is 33.2 Å². The Morgan fingerprint density at radius 1 is 1.00 bits per heavy atom. The van der Waals surface area contributed by atoms with Crippen molar-refractivity contribution in [1.29, 1.82) is 0 Å². The van der Waals surface area contributed by atoms with Gasteiger partial charge in [-0.25, -0.2) is 0 Å². The molecule has 4 atom stereocenters. The molecule has 1 saturated heterocycles. The first-order valence-electron chi connectivity index (χ1n) is 11.8. The van der Waals surface area contributed by atoms with Gasteiger partial charge in [-0.05, 0) is 42.5 Å². The predicted molar refractivity (Wildman–Crippen MR) is 141 cm³/mol. The van der Waals surface area contributed by atoms with Gasteiger partial charge in [-0.15, -0.1) is 24.0 Å². The molecule has 180 valence electrons. The minimum Gasteiger partial charge on any atom is -0.355 e. The molecule has 4 rings (SSSR count). The Balaban J connectivity index is 0.00000306. The summed E-state index contributed by atoms with van der Waals surface area (Å²) >= 11 is 0. The van der Waals surface area contributed by atoms with Gasteiger partial charge in [-0.2, -0.15) is 0 Å². The van der Waals surface area contributed by atoms with Crippen LogP contribution in [0.25, 0.3) is 0 Å². The molecule has 2 fully saturated rings. The maximum Gasteiger partial charge on any atom is 0.233 e. The molecule has 1 heterocycles. The highest BCUT2D eigenvalue weighted by Gasteiger charge is 2.58. The van der Waals surface area contributed by atoms with Crippen molar-refractivity contribution in [2.24, 2.45) is 28.7 Å². The lowest BCUT2D eigenvalue weighted by Gasteiger charge is -2.19. The Bertz CT molecular complexity index is 867. The number of amides is 2. The quantitative estimate of drug-likeness (QED) is 0.158. The predicted octanol–water partition coefficient (Wildman–Crippen LogP) is 2.62. The highest BCUT2D eigenvalue weighted by Crippen LogP contribution is 2.52. The summed E-state index contributed by atoms with van der Waals surface area (Å²) in [6.07, 6.45) is 5.22. The van der Waals surface area contributed by atoms with Crippen molar-refractivity contribution < 1.29 is 9.59 Å². The van der Waals surface area contributed by atoms with Crippen LogP contribution in [0.15, 0.2) is 41.4 Å². The van der Waals surface area contributed by atoms with Crippen molar-refractivity contribution in [3.63, 3.8) is 0 Å². The number of hydrogen-bond donors (Lipinski definition) is 2. The fourth-order valence-corrected chi connectivity index (χ4v) is 5.34. The van der Waals surface area contributed by atoms with E-state index in [0.717, 1.165) is 26.1 Å². The molecule has 2 aliphatic carbocycles. The molecule has 33 heavy (non-hydrogen) atoms. The van der Waals surface area contributed by atoms with Crippen molar-refractivity contribution in [1.82, 2.24) is 20.4 Å². The first-order chi connectivity index (χ1) is 15.5. The highest BCUT2D eigenvalue weighted by atomic mass is 127. The summed E-state index contributed by atoms with van der Waals surface area (Å²) in [6.45, 7) is 8.97. The van der Waals surface area contributed by atoms with E-state index in [1.165, 1.54) is 16.0 Å². The summed E-state index contributed by atoms with van der Waals surface area (Å²) in [7, 11) is 1.72. The molecule has 3 aliphatic rings. The van der Waals surface area contributed by atoms with Crippen LogP contribution in [0.4, 0.5) is 0 Å². The Kier molecular flexibility index (Phi) is 8.92. The average Bonchev–Trinajstić information content (AvgIpc) is 3.50. The lowest BCUT2D eigenvalue weighted by atomic mass is 9.85. The van der Waals surface area contributed by atoms with E-state index in [2.05, 4.69) is 70.8 Å². The number of hydrogen-bond acceptors (Lipinski definition) is 4. The summed E-state index contributed by atoms with van der Waals surface area (Å²) in [5.41, 5.74) is 2.49. The van der Waals surface area contributed by atoms with E-state index in [0.29, 0.717) is 25.6 Å². The van der Waals surface area contributed by atoms with Gasteiger partial charge in [0.1, 0.15) is 0 Å². The molecule has 2 N–H and O–H groups in total. The first-order valence-corrected chi connectivity index (χ1v) is 11.8. The number of allylic oxidation sites excluding steroid dienone is 2. The van der Waals surface area contributed by atoms with Crippen molar-refractivity contribution in [3.05, 3.63) is 47.5 Å². The van der Waals surface area contributed by atoms with E-state index in [-0.39, 0.29) is 59.5 Å². The molecule has 8 heteroatoms. The fraction of sp³-hybridized carbons (Fsp3) is 0.560. The van der Waals surface area contributed by atoms with Crippen LogP contribution in [0.5, 0.6) is 0 Å². The minimum absolute atomic E-state index is 0. The van der Waals surface area contributed by atoms with E-state index in [1.807, 2.05) is 0 Å². The fourth-order valence-electron chi connectivity index (χ4n) is 5.34. The zero-order valence-electron chi connectivity index (χ0n) is 19.8. The van der Waals surface area contributed by atoms with Crippen LogP contribution >= 0.6 is 24.0 Å². The van der Waals surface area contributed by atoms with Gasteiger partial charge >= 0.3 is 0 Å². The van der Waals surface area contributed by atoms with Gasteiger partial charge in [0.25, 0.3) is 0 Å². The Labute approximate surface area is 214 Å². The average molecular weight is 566 g/mol. The molecular weight excluding hydrogens is 529 g/mol. The van der Waals surface area contributed by atoms with Gasteiger partial charge in [-0.3, -0.25) is 24.4 Å². The van der Waals surface area contributed by atoms with E-state index in [1.54, 1.807) is 7.05 Å². The number of benzene rings is 1. The molecule has 2 amide bonds. The lowest BCUT2D eigenvalue weighted by Crippen LogP contribution is -2.43. The third kappa shape index (κ3) is 5.42. The molecule has 7 nitrogen and oxygen atoms in total. The van der Waals surface area contributed by atoms with Crippen LogP contribution in [-0.4, -0.2) is 60.8 Å². The molecule has 4 unspecified atom stereocenters. The second-order valence-electron chi connectivity index (χ2n) is 8.96. The van der Waals surface area contributed by atoms with Crippen LogP contribution in [0.1, 0.15) is 31.4 Å². The molecule has 1 aromatic carbocycles. The standard InChI is InChI=1S/C25H35N5O2.HI/c1-4-29(5-2)16-18-8-6-17(7-9-18)15-28-25(26-3)27-12-13-30-23(31)21-19-10-11-20(14-19)22(21)24(30)32;/h6-11,19-22H,4-5,12-16H2,1-3H3,(H2,26,27,28);1H. The number of rotatable bonds is 9. The van der Waals surface area contributed by atoms with Gasteiger partial charge in [0.15, 0.2) is 5.96 Å². The molecule has 2 bridgehead atoms. The largest absolute Gasteiger partial charge is 0.355 e. The number of halogens is 1. The minimum atomic E-state index is -0.125. The van der Waals surface area contributed by atoms with Crippen LogP contribution in [-0.2, 0) is 22.7 Å². The van der Waals surface area contributed by atoms with Crippen LogP contribution in [0.3, 0.4) is 0 Å². The van der Waals surface area contributed by atoms with Crippen molar-refractivity contribution in [3.8, 4) is 0 Å². The normalized spacial score (nSPS) is 25.6. The molecule has 0 radical (unpaired) electrons. The van der Waals surface area contributed by atoms with Crippen molar-refractivity contribution >= 4 is 41.8 Å². The maximum atomic E-state index is 12.8. The summed E-state index contributed by atoms with van der Waals surface area (Å²) in [5.74, 6) is 0.940. The molecular formula is C25H36IN5O2. The Hall–Kier alpha value is -1.94. The third-order valence-electron chi connectivity index (χ3n) is 7.20. The van der Waals surface area contributed by atoms with E-state index in [4.69, 9.17) is 0 Å². The molecule has 1 aliphatic heterocycles. The van der Waals surface area contributed by atoms with E-state index >= 15 is 0 Å². The highest BCUT2D eigenvalue weighted by molar-refractivity contribution is 14.0. The van der Waals surface area contributed by atoms with Crippen molar-refractivity contribution in [2.75, 3.05) is 33.2 Å². The third-order valence-corrected chi connectivity index (χ3v) is 7.20. The number of nitrogens with zero attached hydrogens (tertiary/aromatic N) is 3. The number of fused-ring (bicyclic) bond motifs is 5. The Morgan fingerprint density at radius 3 is 2.12 bits per heavy atom. The van der Waals surface area contributed by atoms with Gasteiger partial charge in [0.05, 0.1) is 11.8 Å². The topological polar surface area (TPSA) is 77.0 Å². The smallest absolute Gasteiger partial charge is 0.233 e. The van der Waals surface area contributed by atoms with Crippen LogP contribution < -0.4 is 10.6 Å². The zero-order chi connectivity index (χ0) is 22.7.